The molecule has 1 atom stereocenters. The van der Waals surface area contributed by atoms with Crippen LogP contribution in [0.2, 0.25) is 0 Å². The van der Waals surface area contributed by atoms with Crippen LogP contribution in [-0.4, -0.2) is 19.1 Å². The third-order valence-electron chi connectivity index (χ3n) is 2.09. The zero-order valence-electron chi connectivity index (χ0n) is 8.66. The number of nitrogens with one attached hydrogen (secondary N) is 1. The highest BCUT2D eigenvalue weighted by Crippen LogP contribution is 2.14. The van der Waals surface area contributed by atoms with Crippen molar-refractivity contribution in [1.82, 2.24) is 5.32 Å². The van der Waals surface area contributed by atoms with E-state index in [-0.39, 0.29) is 12.0 Å². The lowest BCUT2D eigenvalue weighted by Crippen LogP contribution is -2.34. The van der Waals surface area contributed by atoms with Gasteiger partial charge in [-0.2, -0.15) is 0 Å². The Morgan fingerprint density at radius 1 is 1.71 bits per heavy atom. The van der Waals surface area contributed by atoms with Gasteiger partial charge >= 0.3 is 5.97 Å². The lowest BCUT2D eigenvalue weighted by atomic mass is 10.2. The van der Waals surface area contributed by atoms with Gasteiger partial charge in [0, 0.05) is 11.4 Å². The van der Waals surface area contributed by atoms with Gasteiger partial charge in [-0.05, 0) is 30.9 Å². The molecule has 14 heavy (non-hydrogen) atoms. The van der Waals surface area contributed by atoms with Gasteiger partial charge in [-0.1, -0.05) is 0 Å². The third kappa shape index (κ3) is 2.82. The van der Waals surface area contributed by atoms with Crippen molar-refractivity contribution in [3.8, 4) is 0 Å². The van der Waals surface area contributed by atoms with Crippen molar-refractivity contribution in [2.24, 2.45) is 0 Å². The molecule has 0 radical (unpaired) electrons. The highest BCUT2D eigenvalue weighted by molar-refractivity contribution is 7.10. The zero-order chi connectivity index (χ0) is 10.6. The molecule has 0 amide bonds. The van der Waals surface area contributed by atoms with Crippen molar-refractivity contribution in [3.05, 3.63) is 21.9 Å². The van der Waals surface area contributed by atoms with Crippen molar-refractivity contribution in [1.29, 1.82) is 0 Å². The number of esters is 1. The lowest BCUT2D eigenvalue weighted by Gasteiger charge is -2.10. The summed E-state index contributed by atoms with van der Waals surface area (Å²) in [6.07, 6.45) is 0. The summed E-state index contributed by atoms with van der Waals surface area (Å²) < 4.78 is 4.61. The Bertz CT molecular complexity index is 309. The van der Waals surface area contributed by atoms with Crippen LogP contribution in [0.25, 0.3) is 0 Å². The molecule has 1 aromatic heterocycles. The van der Waals surface area contributed by atoms with Gasteiger partial charge in [-0.3, -0.25) is 10.1 Å². The number of thiophene rings is 1. The first-order valence-corrected chi connectivity index (χ1v) is 5.37. The van der Waals surface area contributed by atoms with Gasteiger partial charge in [0.15, 0.2) is 0 Å². The average Bonchev–Trinajstić information content (AvgIpc) is 2.59. The normalized spacial score (nSPS) is 12.5. The van der Waals surface area contributed by atoms with E-state index in [4.69, 9.17) is 0 Å². The first kappa shape index (κ1) is 11.2. The maximum atomic E-state index is 11.1. The molecule has 3 nitrogen and oxygen atoms in total. The molecule has 0 saturated carbocycles. The molecule has 0 fully saturated rings. The van der Waals surface area contributed by atoms with Gasteiger partial charge in [0.05, 0.1) is 7.11 Å². The van der Waals surface area contributed by atoms with E-state index in [1.807, 2.05) is 0 Å². The smallest absolute Gasteiger partial charge is 0.322 e. The van der Waals surface area contributed by atoms with E-state index >= 15 is 0 Å². The molecule has 0 spiro atoms. The molecule has 0 aromatic carbocycles. The van der Waals surface area contributed by atoms with Crippen molar-refractivity contribution in [3.63, 3.8) is 0 Å². The van der Waals surface area contributed by atoms with Crippen LogP contribution < -0.4 is 5.32 Å². The van der Waals surface area contributed by atoms with Crippen LogP contribution in [0.1, 0.15) is 17.4 Å². The van der Waals surface area contributed by atoms with Gasteiger partial charge in [-0.25, -0.2) is 0 Å². The second kappa shape index (κ2) is 5.12. The van der Waals surface area contributed by atoms with Crippen LogP contribution >= 0.6 is 11.3 Å². The minimum atomic E-state index is -0.249. The first-order chi connectivity index (χ1) is 6.65. The molecular weight excluding hydrogens is 198 g/mol. The largest absolute Gasteiger partial charge is 0.468 e. The highest BCUT2D eigenvalue weighted by atomic mass is 32.1. The summed E-state index contributed by atoms with van der Waals surface area (Å²) in [5.74, 6) is -0.223. The topological polar surface area (TPSA) is 38.3 Å². The Hall–Kier alpha value is -0.870. The van der Waals surface area contributed by atoms with Crippen molar-refractivity contribution < 1.29 is 9.53 Å². The molecule has 0 aliphatic rings. The van der Waals surface area contributed by atoms with Crippen LogP contribution in [0.3, 0.4) is 0 Å². The SMILES string of the molecule is COC(=O)[C@H](C)NCc1sccc1C. The van der Waals surface area contributed by atoms with Crippen LogP contribution in [0.15, 0.2) is 11.4 Å². The first-order valence-electron chi connectivity index (χ1n) is 4.49. The van der Waals surface area contributed by atoms with E-state index in [9.17, 15) is 4.79 Å². The number of ether oxygens (including phenoxy) is 1. The minimum absolute atomic E-state index is 0.223. The summed E-state index contributed by atoms with van der Waals surface area (Å²) in [7, 11) is 1.40. The Balaban J connectivity index is 2.41. The Labute approximate surface area is 88.1 Å². The van der Waals surface area contributed by atoms with Crippen LogP contribution in [0, 0.1) is 6.92 Å². The molecule has 0 aliphatic carbocycles. The van der Waals surface area contributed by atoms with Crippen molar-refractivity contribution in [2.45, 2.75) is 26.4 Å². The fourth-order valence-electron chi connectivity index (χ4n) is 1.09. The quantitative estimate of drug-likeness (QED) is 0.774. The highest BCUT2D eigenvalue weighted by Gasteiger charge is 2.12. The molecular formula is C10H15NO2S. The fourth-order valence-corrected chi connectivity index (χ4v) is 1.95. The molecule has 0 unspecified atom stereocenters. The second-order valence-corrected chi connectivity index (χ2v) is 4.15. The monoisotopic (exact) mass is 213 g/mol. The molecule has 1 rings (SSSR count). The molecule has 4 heteroatoms. The number of carbonyl (C=O) groups excluding carboxylic acids is 1. The Kier molecular flexibility index (Phi) is 4.10. The summed E-state index contributed by atoms with van der Waals surface area (Å²) in [6, 6.07) is 1.83. The summed E-state index contributed by atoms with van der Waals surface area (Å²) in [6.45, 7) is 4.59. The van der Waals surface area contributed by atoms with Crippen LogP contribution in [0.4, 0.5) is 0 Å². The van der Waals surface area contributed by atoms with Crippen molar-refractivity contribution in [2.75, 3.05) is 7.11 Å². The predicted molar refractivity (Wildman–Crippen MR) is 57.4 cm³/mol. The summed E-state index contributed by atoms with van der Waals surface area (Å²) in [4.78, 5) is 12.3. The molecule has 0 bridgehead atoms. The van der Waals surface area contributed by atoms with Gasteiger partial charge in [-0.15, -0.1) is 11.3 Å². The van der Waals surface area contributed by atoms with Gasteiger partial charge in [0.1, 0.15) is 6.04 Å². The van der Waals surface area contributed by atoms with Gasteiger partial charge < -0.3 is 4.74 Å². The van der Waals surface area contributed by atoms with Crippen molar-refractivity contribution >= 4 is 17.3 Å². The molecule has 1 N–H and O–H groups in total. The van der Waals surface area contributed by atoms with E-state index in [0.29, 0.717) is 0 Å². The number of methoxy groups -OCH3 is 1. The summed E-state index contributed by atoms with van der Waals surface area (Å²) in [5.41, 5.74) is 1.26. The van der Waals surface area contributed by atoms with E-state index in [0.717, 1.165) is 6.54 Å². The number of rotatable bonds is 4. The molecule has 1 heterocycles. The van der Waals surface area contributed by atoms with E-state index in [1.165, 1.54) is 17.6 Å². The zero-order valence-corrected chi connectivity index (χ0v) is 9.48. The van der Waals surface area contributed by atoms with Gasteiger partial charge in [0.2, 0.25) is 0 Å². The summed E-state index contributed by atoms with van der Waals surface area (Å²) >= 11 is 1.70. The fraction of sp³-hybridized carbons (Fsp3) is 0.500. The number of carbonyl (C=O) groups is 1. The van der Waals surface area contributed by atoms with Gasteiger partial charge in [0.25, 0.3) is 0 Å². The van der Waals surface area contributed by atoms with Crippen LogP contribution in [-0.2, 0) is 16.1 Å². The van der Waals surface area contributed by atoms with E-state index in [2.05, 4.69) is 28.4 Å². The molecule has 0 aliphatic heterocycles. The molecule has 0 saturated heterocycles. The molecule has 78 valence electrons. The second-order valence-electron chi connectivity index (χ2n) is 3.15. The van der Waals surface area contributed by atoms with Crippen LogP contribution in [0.5, 0.6) is 0 Å². The Morgan fingerprint density at radius 2 is 2.43 bits per heavy atom. The summed E-state index contributed by atoms with van der Waals surface area (Å²) in [5, 5.41) is 5.16. The predicted octanol–water partition coefficient (Wildman–Crippen LogP) is 1.71. The maximum Gasteiger partial charge on any atom is 0.322 e. The average molecular weight is 213 g/mol. The Morgan fingerprint density at radius 3 is 2.93 bits per heavy atom. The minimum Gasteiger partial charge on any atom is -0.468 e. The maximum absolute atomic E-state index is 11.1. The number of aryl methyl sites for hydroxylation is 1. The molecule has 1 aromatic rings. The third-order valence-corrected chi connectivity index (χ3v) is 3.11. The lowest BCUT2D eigenvalue weighted by molar-refractivity contribution is -0.142. The number of hydrogen-bond acceptors (Lipinski definition) is 4. The van der Waals surface area contributed by atoms with E-state index in [1.54, 1.807) is 18.3 Å². The van der Waals surface area contributed by atoms with E-state index < -0.39 is 0 Å². The standard InChI is InChI=1S/C10H15NO2S/c1-7-4-5-14-9(7)6-11-8(2)10(12)13-3/h4-5,8,11H,6H2,1-3H3/t8-/m0/s1. The number of hydrogen-bond donors (Lipinski definition) is 1.